The van der Waals surface area contributed by atoms with Gasteiger partial charge in [0.05, 0.1) is 18.0 Å². The van der Waals surface area contributed by atoms with Crippen molar-refractivity contribution < 1.29 is 4.74 Å². The number of hydrogen-bond acceptors (Lipinski definition) is 4. The van der Waals surface area contributed by atoms with E-state index in [9.17, 15) is 0 Å². The van der Waals surface area contributed by atoms with Gasteiger partial charge in [0.2, 0.25) is 0 Å². The monoisotopic (exact) mass is 518 g/mol. The summed E-state index contributed by atoms with van der Waals surface area (Å²) in [6.07, 6.45) is 9.28. The molecular weight excluding hydrogens is 480 g/mol. The molecule has 3 aromatic carbocycles. The first-order chi connectivity index (χ1) is 19.3. The van der Waals surface area contributed by atoms with Gasteiger partial charge in [0.1, 0.15) is 5.82 Å². The molecule has 1 N–H and O–H groups in total. The van der Waals surface area contributed by atoms with E-state index in [1.54, 1.807) is 0 Å². The van der Waals surface area contributed by atoms with Crippen molar-refractivity contribution in [2.24, 2.45) is 0 Å². The van der Waals surface area contributed by atoms with Crippen LogP contribution >= 0.6 is 0 Å². The van der Waals surface area contributed by atoms with Crippen molar-refractivity contribution in [1.82, 2.24) is 9.97 Å². The maximum atomic E-state index is 5.41. The number of imidazole rings is 1. The zero-order chi connectivity index (χ0) is 26.4. The van der Waals surface area contributed by atoms with Gasteiger partial charge >= 0.3 is 0 Å². The van der Waals surface area contributed by atoms with Crippen molar-refractivity contribution in [2.75, 3.05) is 49.2 Å². The Labute approximate surface area is 232 Å². The summed E-state index contributed by atoms with van der Waals surface area (Å²) in [5, 5.41) is 0. The van der Waals surface area contributed by atoms with Gasteiger partial charge in [-0.3, -0.25) is 0 Å². The predicted molar refractivity (Wildman–Crippen MR) is 163 cm³/mol. The molecule has 0 saturated carbocycles. The molecule has 2 fully saturated rings. The van der Waals surface area contributed by atoms with E-state index in [1.165, 1.54) is 37.1 Å². The number of rotatable bonds is 9. The van der Waals surface area contributed by atoms with Crippen molar-refractivity contribution in [3.05, 3.63) is 84.4 Å². The standard InChI is InChI=1S/C34H38N4O/c1-2-39-25-7-8-26-9-11-29(12-10-26)34-35-32(27-13-17-30(18-14-27)37-21-3-4-22-37)33(36-34)28-15-19-31(20-16-28)38-23-5-6-24-38/h7-20H,2-6,21-25H2,1H3,(H,35,36). The second-order valence-corrected chi connectivity index (χ2v) is 10.5. The third-order valence-corrected chi connectivity index (χ3v) is 7.86. The first-order valence-electron chi connectivity index (χ1n) is 14.4. The van der Waals surface area contributed by atoms with Crippen LogP contribution in [0.5, 0.6) is 0 Å². The minimum Gasteiger partial charge on any atom is -0.378 e. The van der Waals surface area contributed by atoms with E-state index in [0.717, 1.165) is 72.3 Å². The molecular formula is C34H38N4O. The highest BCUT2D eigenvalue weighted by Gasteiger charge is 2.18. The molecule has 5 nitrogen and oxygen atoms in total. The lowest BCUT2D eigenvalue weighted by Crippen LogP contribution is -2.17. The fourth-order valence-electron chi connectivity index (χ4n) is 5.67. The van der Waals surface area contributed by atoms with Crippen molar-refractivity contribution in [3.63, 3.8) is 0 Å². The Balaban J connectivity index is 1.32. The molecule has 0 amide bonds. The summed E-state index contributed by atoms with van der Waals surface area (Å²) >= 11 is 0. The first-order valence-corrected chi connectivity index (χ1v) is 14.4. The summed E-state index contributed by atoms with van der Waals surface area (Å²) in [5.41, 5.74) is 9.18. The molecule has 0 radical (unpaired) electrons. The van der Waals surface area contributed by atoms with Crippen molar-refractivity contribution in [3.8, 4) is 33.9 Å². The van der Waals surface area contributed by atoms with Gasteiger partial charge < -0.3 is 19.5 Å². The Bertz CT molecular complexity index is 1300. The second kappa shape index (κ2) is 11.9. The zero-order valence-electron chi connectivity index (χ0n) is 22.9. The van der Waals surface area contributed by atoms with E-state index >= 15 is 0 Å². The summed E-state index contributed by atoms with van der Waals surface area (Å²) in [7, 11) is 0. The number of nitrogens with zero attached hydrogens (tertiary/aromatic N) is 3. The second-order valence-electron chi connectivity index (χ2n) is 10.5. The van der Waals surface area contributed by atoms with Crippen LogP contribution in [0.25, 0.3) is 40.0 Å². The summed E-state index contributed by atoms with van der Waals surface area (Å²) < 4.78 is 5.41. The van der Waals surface area contributed by atoms with Gasteiger partial charge in [0, 0.05) is 60.9 Å². The highest BCUT2D eigenvalue weighted by Crippen LogP contribution is 2.35. The maximum Gasteiger partial charge on any atom is 0.138 e. The molecule has 5 heteroatoms. The molecule has 0 atom stereocenters. The van der Waals surface area contributed by atoms with E-state index < -0.39 is 0 Å². The molecule has 39 heavy (non-hydrogen) atoms. The molecule has 2 aliphatic rings. The van der Waals surface area contributed by atoms with Crippen molar-refractivity contribution in [2.45, 2.75) is 32.6 Å². The Kier molecular flexibility index (Phi) is 7.78. The van der Waals surface area contributed by atoms with E-state index in [2.05, 4.69) is 99.7 Å². The van der Waals surface area contributed by atoms with Gasteiger partial charge in [-0.1, -0.05) is 60.7 Å². The third kappa shape index (κ3) is 5.79. The van der Waals surface area contributed by atoms with Gasteiger partial charge in [-0.25, -0.2) is 4.98 Å². The smallest absolute Gasteiger partial charge is 0.138 e. The lowest BCUT2D eigenvalue weighted by molar-refractivity contribution is 0.178. The van der Waals surface area contributed by atoms with Gasteiger partial charge in [0.15, 0.2) is 0 Å². The van der Waals surface area contributed by atoms with Crippen LogP contribution < -0.4 is 9.80 Å². The van der Waals surface area contributed by atoms with Gasteiger partial charge in [-0.2, -0.15) is 0 Å². The van der Waals surface area contributed by atoms with Crippen LogP contribution in [0, 0.1) is 0 Å². The van der Waals surface area contributed by atoms with E-state index in [-0.39, 0.29) is 0 Å². The molecule has 0 aliphatic carbocycles. The Hall–Kier alpha value is -3.83. The van der Waals surface area contributed by atoms with Crippen LogP contribution in [0.3, 0.4) is 0 Å². The number of ether oxygens (including phenoxy) is 1. The predicted octanol–water partition coefficient (Wildman–Crippen LogP) is 7.66. The van der Waals surface area contributed by atoms with Gasteiger partial charge in [-0.15, -0.1) is 0 Å². The fraction of sp³-hybridized carbons (Fsp3) is 0.324. The number of aromatic amines is 1. The molecule has 2 saturated heterocycles. The Morgan fingerprint density at radius 2 is 1.26 bits per heavy atom. The zero-order valence-corrected chi connectivity index (χ0v) is 22.9. The minimum absolute atomic E-state index is 0.635. The van der Waals surface area contributed by atoms with E-state index in [4.69, 9.17) is 9.72 Å². The van der Waals surface area contributed by atoms with Gasteiger partial charge in [-0.05, 0) is 62.4 Å². The van der Waals surface area contributed by atoms with Crippen molar-refractivity contribution >= 4 is 17.5 Å². The fourth-order valence-corrected chi connectivity index (χ4v) is 5.67. The van der Waals surface area contributed by atoms with Crippen LogP contribution in [0.15, 0.2) is 78.9 Å². The molecule has 0 bridgehead atoms. The summed E-state index contributed by atoms with van der Waals surface area (Å²) in [6.45, 7) is 7.98. The largest absolute Gasteiger partial charge is 0.378 e. The maximum absolute atomic E-state index is 5.41. The number of anilines is 2. The number of H-pyrrole nitrogens is 1. The highest BCUT2D eigenvalue weighted by atomic mass is 16.5. The lowest BCUT2D eigenvalue weighted by atomic mass is 10.0. The molecule has 4 aromatic rings. The van der Waals surface area contributed by atoms with E-state index in [0.29, 0.717) is 6.61 Å². The molecule has 2 aliphatic heterocycles. The number of benzene rings is 3. The topological polar surface area (TPSA) is 44.4 Å². The van der Waals surface area contributed by atoms with Crippen LogP contribution in [-0.4, -0.2) is 49.4 Å². The SMILES string of the molecule is CCOCC=Cc1ccc(-c2nc(-c3ccc(N4CCCC4)cc3)c(-c3ccc(N4CCCC4)cc3)[nH]2)cc1. The molecule has 0 unspecified atom stereocenters. The van der Waals surface area contributed by atoms with Crippen LogP contribution in [0.1, 0.15) is 38.2 Å². The van der Waals surface area contributed by atoms with Crippen LogP contribution in [0.2, 0.25) is 0 Å². The average molecular weight is 519 g/mol. The first kappa shape index (κ1) is 25.4. The summed E-state index contributed by atoms with van der Waals surface area (Å²) in [5.74, 6) is 0.886. The average Bonchev–Trinajstić information content (AvgIpc) is 3.79. The van der Waals surface area contributed by atoms with Gasteiger partial charge in [0.25, 0.3) is 0 Å². The molecule has 3 heterocycles. The minimum atomic E-state index is 0.635. The number of nitrogens with one attached hydrogen (secondary N) is 1. The molecule has 6 rings (SSSR count). The van der Waals surface area contributed by atoms with Crippen molar-refractivity contribution in [1.29, 1.82) is 0 Å². The highest BCUT2D eigenvalue weighted by molar-refractivity contribution is 5.82. The summed E-state index contributed by atoms with van der Waals surface area (Å²) in [4.78, 5) is 13.8. The van der Waals surface area contributed by atoms with Crippen LogP contribution in [-0.2, 0) is 4.74 Å². The van der Waals surface area contributed by atoms with Crippen LogP contribution in [0.4, 0.5) is 11.4 Å². The number of aromatic nitrogens is 2. The lowest BCUT2D eigenvalue weighted by Gasteiger charge is -2.18. The third-order valence-electron chi connectivity index (χ3n) is 7.86. The normalized spacial score (nSPS) is 15.6. The Morgan fingerprint density at radius 1 is 0.718 bits per heavy atom. The Morgan fingerprint density at radius 3 is 1.82 bits per heavy atom. The summed E-state index contributed by atoms with van der Waals surface area (Å²) in [6, 6.07) is 26.5. The molecule has 1 aromatic heterocycles. The molecule has 200 valence electrons. The molecule has 0 spiro atoms. The number of hydrogen-bond donors (Lipinski definition) is 1. The quantitative estimate of drug-likeness (QED) is 0.231. The van der Waals surface area contributed by atoms with E-state index in [1.807, 2.05) is 6.92 Å².